The fourth-order valence-corrected chi connectivity index (χ4v) is 3.49. The number of ether oxygens (including phenoxy) is 2. The van der Waals surface area contributed by atoms with E-state index in [0.717, 1.165) is 18.1 Å². The maximum Gasteiger partial charge on any atom is 0.410 e. The van der Waals surface area contributed by atoms with Gasteiger partial charge in [0.1, 0.15) is 10.6 Å². The fourth-order valence-electron chi connectivity index (χ4n) is 2.75. The van der Waals surface area contributed by atoms with Crippen molar-refractivity contribution in [3.63, 3.8) is 0 Å². The van der Waals surface area contributed by atoms with Gasteiger partial charge in [-0.1, -0.05) is 18.2 Å². The molecule has 0 saturated carbocycles. The van der Waals surface area contributed by atoms with E-state index in [2.05, 4.69) is 9.88 Å². The molecule has 1 aliphatic rings. The average molecular weight is 404 g/mol. The first-order valence-corrected chi connectivity index (χ1v) is 10.1. The van der Waals surface area contributed by atoms with Crippen molar-refractivity contribution in [2.45, 2.75) is 32.9 Å². The average Bonchev–Trinajstić information content (AvgIpc) is 3.08. The molecule has 0 radical (unpaired) electrons. The smallest absolute Gasteiger partial charge is 0.410 e. The molecule has 0 N–H and O–H groups in total. The molecule has 0 bridgehead atoms. The monoisotopic (exact) mass is 403 g/mol. The van der Waals surface area contributed by atoms with Gasteiger partial charge in [-0.05, 0) is 32.9 Å². The first-order valence-electron chi connectivity index (χ1n) is 9.22. The second-order valence-electron chi connectivity index (χ2n) is 7.58. The number of carbonyl (C=O) groups is 2. The van der Waals surface area contributed by atoms with Crippen LogP contribution in [0.1, 0.15) is 36.1 Å². The molecule has 0 atom stereocenters. The molecule has 0 unspecified atom stereocenters. The predicted octanol–water partition coefficient (Wildman–Crippen LogP) is 3.42. The van der Waals surface area contributed by atoms with Gasteiger partial charge in [0.15, 0.2) is 0 Å². The van der Waals surface area contributed by atoms with Crippen LogP contribution in [0.3, 0.4) is 0 Å². The normalized spacial score (nSPS) is 15.3. The molecule has 1 fully saturated rings. The van der Waals surface area contributed by atoms with Gasteiger partial charge in [0, 0.05) is 26.2 Å². The summed E-state index contributed by atoms with van der Waals surface area (Å²) >= 11 is 1.46. The minimum Gasteiger partial charge on any atom is -0.444 e. The molecule has 2 aromatic rings. The largest absolute Gasteiger partial charge is 0.444 e. The summed E-state index contributed by atoms with van der Waals surface area (Å²) in [5, 5.41) is 2.62. The maximum absolute atomic E-state index is 12.1. The van der Waals surface area contributed by atoms with Crippen molar-refractivity contribution < 1.29 is 19.1 Å². The van der Waals surface area contributed by atoms with Crippen molar-refractivity contribution in [1.82, 2.24) is 14.8 Å². The number of nitrogens with zero attached hydrogens (tertiary/aromatic N) is 3. The minimum absolute atomic E-state index is 0.267. The topological polar surface area (TPSA) is 72.0 Å². The van der Waals surface area contributed by atoms with Gasteiger partial charge in [0.05, 0.1) is 17.5 Å². The van der Waals surface area contributed by atoms with E-state index in [0.29, 0.717) is 31.1 Å². The van der Waals surface area contributed by atoms with Crippen LogP contribution in [-0.4, -0.2) is 58.6 Å². The Labute approximate surface area is 168 Å². The van der Waals surface area contributed by atoms with Crippen LogP contribution in [0.25, 0.3) is 0 Å². The summed E-state index contributed by atoms with van der Waals surface area (Å²) in [6.07, 6.45) is -0.267. The van der Waals surface area contributed by atoms with Crippen molar-refractivity contribution in [1.29, 1.82) is 0 Å². The van der Waals surface area contributed by atoms with Gasteiger partial charge in [0.25, 0.3) is 0 Å². The molecule has 3 rings (SSSR count). The van der Waals surface area contributed by atoms with Crippen LogP contribution in [0.15, 0.2) is 35.7 Å². The SMILES string of the molecule is CC(C)(C)OC(=O)N1CCN(Cc2nc(OC(=O)c3ccccc3)cs2)CC1. The molecular weight excluding hydrogens is 378 g/mol. The van der Waals surface area contributed by atoms with Crippen LogP contribution in [0.2, 0.25) is 0 Å². The third kappa shape index (κ3) is 5.77. The zero-order valence-electron chi connectivity index (χ0n) is 16.4. The van der Waals surface area contributed by atoms with Gasteiger partial charge in [-0.15, -0.1) is 11.3 Å². The molecule has 150 valence electrons. The number of esters is 1. The summed E-state index contributed by atoms with van der Waals surface area (Å²) in [6.45, 7) is 9.00. The number of amides is 1. The third-order valence-corrected chi connectivity index (χ3v) is 4.93. The molecule has 0 aliphatic carbocycles. The van der Waals surface area contributed by atoms with E-state index in [4.69, 9.17) is 9.47 Å². The van der Waals surface area contributed by atoms with Gasteiger partial charge >= 0.3 is 12.1 Å². The third-order valence-electron chi connectivity index (χ3n) is 4.12. The van der Waals surface area contributed by atoms with Crippen LogP contribution in [0, 0.1) is 0 Å². The lowest BCUT2D eigenvalue weighted by atomic mass is 10.2. The van der Waals surface area contributed by atoms with Crippen LogP contribution >= 0.6 is 11.3 Å². The molecule has 1 aromatic heterocycles. The second kappa shape index (κ2) is 8.70. The van der Waals surface area contributed by atoms with Gasteiger partial charge in [-0.3, -0.25) is 4.90 Å². The van der Waals surface area contributed by atoms with E-state index < -0.39 is 11.6 Å². The van der Waals surface area contributed by atoms with Gasteiger partial charge in [-0.2, -0.15) is 0 Å². The Morgan fingerprint density at radius 3 is 2.43 bits per heavy atom. The van der Waals surface area contributed by atoms with Gasteiger partial charge in [-0.25, -0.2) is 14.6 Å². The molecule has 7 nitrogen and oxygen atoms in total. The fraction of sp³-hybridized carbons (Fsp3) is 0.450. The van der Waals surface area contributed by atoms with Crippen molar-refractivity contribution in [2.24, 2.45) is 0 Å². The summed E-state index contributed by atoms with van der Waals surface area (Å²) in [7, 11) is 0. The molecule has 2 heterocycles. The maximum atomic E-state index is 12.1. The molecule has 28 heavy (non-hydrogen) atoms. The number of aromatic nitrogens is 1. The summed E-state index contributed by atoms with van der Waals surface area (Å²) in [5.41, 5.74) is 0.0122. The molecule has 8 heteroatoms. The van der Waals surface area contributed by atoms with Crippen molar-refractivity contribution in [3.05, 3.63) is 46.3 Å². The summed E-state index contributed by atoms with van der Waals surface area (Å²) in [5.74, 6) is -0.0929. The van der Waals surface area contributed by atoms with Crippen molar-refractivity contribution in [2.75, 3.05) is 26.2 Å². The van der Waals surface area contributed by atoms with E-state index >= 15 is 0 Å². The van der Waals surface area contributed by atoms with Gasteiger partial charge < -0.3 is 14.4 Å². The van der Waals surface area contributed by atoms with Crippen molar-refractivity contribution in [3.8, 4) is 5.88 Å². The minimum atomic E-state index is -0.483. The summed E-state index contributed by atoms with van der Waals surface area (Å²) in [6, 6.07) is 8.85. The van der Waals surface area contributed by atoms with Gasteiger partial charge in [0.2, 0.25) is 5.88 Å². The molecule has 0 spiro atoms. The Bertz CT molecular complexity index is 808. The quantitative estimate of drug-likeness (QED) is 0.729. The number of hydrogen-bond acceptors (Lipinski definition) is 7. The Hall–Kier alpha value is -2.45. The zero-order chi connectivity index (χ0) is 20.1. The molecular formula is C20H25N3O4S. The highest BCUT2D eigenvalue weighted by atomic mass is 32.1. The van der Waals surface area contributed by atoms with Crippen LogP contribution in [-0.2, 0) is 11.3 Å². The Morgan fingerprint density at radius 1 is 1.11 bits per heavy atom. The van der Waals surface area contributed by atoms with Crippen LogP contribution in [0.4, 0.5) is 4.79 Å². The predicted molar refractivity (Wildman–Crippen MR) is 107 cm³/mol. The molecule has 1 saturated heterocycles. The lowest BCUT2D eigenvalue weighted by Crippen LogP contribution is -2.49. The number of carbonyl (C=O) groups excluding carboxylic acids is 2. The highest BCUT2D eigenvalue weighted by Crippen LogP contribution is 2.20. The van der Waals surface area contributed by atoms with E-state index in [1.54, 1.807) is 34.5 Å². The highest BCUT2D eigenvalue weighted by molar-refractivity contribution is 7.09. The number of benzene rings is 1. The van der Waals surface area contributed by atoms with E-state index in [-0.39, 0.29) is 6.09 Å². The Kier molecular flexibility index (Phi) is 6.31. The number of hydrogen-bond donors (Lipinski definition) is 0. The van der Waals surface area contributed by atoms with E-state index in [9.17, 15) is 9.59 Å². The molecule has 1 aliphatic heterocycles. The first kappa shape index (κ1) is 20.3. The van der Waals surface area contributed by atoms with E-state index in [1.807, 2.05) is 26.8 Å². The number of piperazine rings is 1. The van der Waals surface area contributed by atoms with E-state index in [1.165, 1.54) is 11.3 Å². The number of thiazole rings is 1. The van der Waals surface area contributed by atoms with Crippen LogP contribution < -0.4 is 4.74 Å². The lowest BCUT2D eigenvalue weighted by Gasteiger charge is -2.35. The summed E-state index contributed by atoms with van der Waals surface area (Å²) in [4.78, 5) is 32.6. The van der Waals surface area contributed by atoms with Crippen molar-refractivity contribution >= 4 is 23.4 Å². The molecule has 1 amide bonds. The number of rotatable bonds is 4. The highest BCUT2D eigenvalue weighted by Gasteiger charge is 2.26. The first-order chi connectivity index (χ1) is 13.3. The standard InChI is InChI=1S/C20H25N3O4S/c1-20(2,3)27-19(25)23-11-9-22(10-12-23)13-17-21-16(14-28-17)26-18(24)15-7-5-4-6-8-15/h4-8,14H,9-13H2,1-3H3. The Morgan fingerprint density at radius 2 is 1.79 bits per heavy atom. The Balaban J connectivity index is 1.47. The molecule has 1 aromatic carbocycles. The zero-order valence-corrected chi connectivity index (χ0v) is 17.2. The lowest BCUT2D eigenvalue weighted by molar-refractivity contribution is 0.0139. The van der Waals surface area contributed by atoms with Crippen LogP contribution in [0.5, 0.6) is 5.88 Å². The second-order valence-corrected chi connectivity index (χ2v) is 8.52. The summed E-state index contributed by atoms with van der Waals surface area (Å²) < 4.78 is 10.8.